The lowest BCUT2D eigenvalue weighted by Crippen LogP contribution is -2.31. The van der Waals surface area contributed by atoms with E-state index in [1.165, 1.54) is 102 Å². The Labute approximate surface area is 534 Å². The molecule has 88 heavy (non-hydrogen) atoms. The Kier molecular flexibility index (Phi) is 18.5. The summed E-state index contributed by atoms with van der Waals surface area (Å²) in [5, 5.41) is 0. The minimum atomic E-state index is -2.38. The molecule has 4 nitrogen and oxygen atoms in total. The molecule has 4 heterocycles. The molecule has 1 atom stereocenters. The van der Waals surface area contributed by atoms with Crippen molar-refractivity contribution in [1.29, 1.82) is 0 Å². The fourth-order valence-electron chi connectivity index (χ4n) is 11.2. The SMILES string of the molecule is CCc1cc[n+](C)c(-c2ccc(-c3ccccc3)cc2C)c1.Cc1cc[n+](C)c(-c2ccc(-c3ccccc3)cc2C)c1.[2H]C([2H])(C)c1ccc(-c2ccc(-c3ccccc3)cc2C)[n+](C)c1.[2H]C([2H])([2H])C([2H])(C)c1ccc(-c2ccc(-c3ccccc3)cc2C)[n+](C)c1. The molecule has 12 rings (SSSR count). The predicted octanol–water partition coefficient (Wildman–Crippen LogP) is 19.2. The molecule has 0 amide bonds. The van der Waals surface area contributed by atoms with Gasteiger partial charge in [0, 0.05) is 78.0 Å². The normalized spacial score (nSPS) is 12.7. The van der Waals surface area contributed by atoms with Gasteiger partial charge < -0.3 is 0 Å². The first-order valence-electron chi connectivity index (χ1n) is 33.4. The third-order valence-corrected chi connectivity index (χ3v) is 16.4. The second kappa shape index (κ2) is 29.6. The van der Waals surface area contributed by atoms with Gasteiger partial charge in [0.15, 0.2) is 24.8 Å². The summed E-state index contributed by atoms with van der Waals surface area (Å²) in [4.78, 5) is 0. The molecule has 1 unspecified atom stereocenters. The summed E-state index contributed by atoms with van der Waals surface area (Å²) in [6.45, 7) is 13.6. The van der Waals surface area contributed by atoms with Crippen molar-refractivity contribution >= 4 is 0 Å². The van der Waals surface area contributed by atoms with Gasteiger partial charge in [-0.2, -0.15) is 0 Å². The molecule has 0 aliphatic rings. The standard InChI is InChI=1S/C22H24N.2C21H22N.C20H20N/c1-16(2)20-11-13-22(23(4)15-20)21-12-10-19(14-17(21)3)18-8-6-5-7-9-18;1-4-17-10-13-21(22(3)15-17)20-12-11-19(14-16(20)2)18-8-6-5-7-9-18;1-4-17-12-13-22(3)21(15-17)20-11-10-19(14-16(20)2)18-8-6-5-7-9-18;1-15-11-12-21(3)20(13-15)19-10-9-18(14-16(19)2)17-7-5-4-6-8-17/h5-16H,1-4H3;2*5-15H,4H2,1-3H3;4-14H,1-3H3/q4*+1/i1D3,16D;4D2;;. The van der Waals surface area contributed by atoms with Crippen LogP contribution in [0.3, 0.4) is 0 Å². The molecule has 8 aromatic carbocycles. The maximum absolute atomic E-state index is 8.28. The Balaban J connectivity index is 0.000000148. The van der Waals surface area contributed by atoms with Gasteiger partial charge in [-0.15, -0.1) is 0 Å². The van der Waals surface area contributed by atoms with Gasteiger partial charge in [0.2, 0.25) is 22.8 Å². The number of nitrogens with zero attached hydrogens (tertiary/aromatic N) is 4. The molecule has 12 aromatic rings. The Morgan fingerprint density at radius 3 is 1.07 bits per heavy atom. The summed E-state index contributed by atoms with van der Waals surface area (Å²) in [6.07, 6.45) is 7.63. The van der Waals surface area contributed by atoms with Gasteiger partial charge in [0.05, 0.1) is 0 Å². The van der Waals surface area contributed by atoms with E-state index in [1.807, 2.05) is 71.9 Å². The van der Waals surface area contributed by atoms with E-state index in [4.69, 9.17) is 8.22 Å². The summed E-state index contributed by atoms with van der Waals surface area (Å²) in [6, 6.07) is 84.4. The zero-order valence-corrected chi connectivity index (χ0v) is 53.4. The van der Waals surface area contributed by atoms with Gasteiger partial charge in [-0.3, -0.25) is 0 Å². The molecule has 4 heteroatoms. The van der Waals surface area contributed by atoms with Crippen molar-refractivity contribution in [3.05, 3.63) is 312 Å². The van der Waals surface area contributed by atoms with Gasteiger partial charge in [-0.05, 0) is 168 Å². The molecule has 0 spiro atoms. The summed E-state index contributed by atoms with van der Waals surface area (Å²) >= 11 is 0. The van der Waals surface area contributed by atoms with Crippen LogP contribution >= 0.6 is 0 Å². The van der Waals surface area contributed by atoms with Gasteiger partial charge in [-0.25, -0.2) is 18.3 Å². The van der Waals surface area contributed by atoms with Crippen molar-refractivity contribution in [2.24, 2.45) is 28.2 Å². The molecule has 440 valence electrons. The zero-order chi connectivity index (χ0) is 67.5. The average molecular weight is 1160 g/mol. The predicted molar refractivity (Wildman–Crippen MR) is 370 cm³/mol. The number of benzene rings is 8. The Hall–Kier alpha value is -9.64. The fourth-order valence-corrected chi connectivity index (χ4v) is 11.2. The van der Waals surface area contributed by atoms with Crippen molar-refractivity contribution in [3.63, 3.8) is 0 Å². The number of hydrogen-bond donors (Lipinski definition) is 0. The van der Waals surface area contributed by atoms with E-state index in [2.05, 4.69) is 271 Å². The number of aromatic nitrogens is 4. The van der Waals surface area contributed by atoms with E-state index in [9.17, 15) is 0 Å². The van der Waals surface area contributed by atoms with Crippen molar-refractivity contribution in [2.45, 2.75) is 80.9 Å². The van der Waals surface area contributed by atoms with E-state index < -0.39 is 19.1 Å². The first-order chi connectivity index (χ1) is 44.8. The first-order valence-corrected chi connectivity index (χ1v) is 30.4. The number of aryl methyl sites for hydroxylation is 11. The summed E-state index contributed by atoms with van der Waals surface area (Å²) < 4.78 is 55.2. The lowest BCUT2D eigenvalue weighted by Gasteiger charge is -2.09. The topological polar surface area (TPSA) is 15.5 Å². The maximum Gasteiger partial charge on any atom is 0.212 e. The smallest absolute Gasteiger partial charge is 0.201 e. The Bertz CT molecular complexity index is 4560. The van der Waals surface area contributed by atoms with Crippen LogP contribution < -0.4 is 18.3 Å². The van der Waals surface area contributed by atoms with Gasteiger partial charge in [0.1, 0.15) is 28.2 Å². The van der Waals surface area contributed by atoms with Crippen molar-refractivity contribution in [1.82, 2.24) is 0 Å². The number of hydrogen-bond acceptors (Lipinski definition) is 0. The monoisotopic (exact) mass is 1160 g/mol. The summed E-state index contributed by atoms with van der Waals surface area (Å²) in [5.74, 6) is -1.64. The second-order valence-corrected chi connectivity index (χ2v) is 22.9. The molecular formula is C84H88N4+4. The molecule has 0 saturated heterocycles. The van der Waals surface area contributed by atoms with Crippen molar-refractivity contribution < 1.29 is 26.5 Å². The third kappa shape index (κ3) is 15.7. The summed E-state index contributed by atoms with van der Waals surface area (Å²) in [5.41, 5.74) is 28.1. The number of rotatable bonds is 11. The van der Waals surface area contributed by atoms with Crippen LogP contribution in [0.2, 0.25) is 0 Å². The average Bonchev–Trinajstić information content (AvgIpc) is 0.797. The molecule has 0 bridgehead atoms. The van der Waals surface area contributed by atoms with Crippen molar-refractivity contribution in [2.75, 3.05) is 0 Å². The maximum atomic E-state index is 8.28. The van der Waals surface area contributed by atoms with E-state index in [0.29, 0.717) is 11.1 Å². The van der Waals surface area contributed by atoms with Crippen LogP contribution in [-0.2, 0) is 41.0 Å². The van der Waals surface area contributed by atoms with E-state index in [1.54, 1.807) is 19.2 Å². The molecule has 0 saturated carbocycles. The van der Waals surface area contributed by atoms with Crippen LogP contribution in [0.4, 0.5) is 0 Å². The highest BCUT2D eigenvalue weighted by Gasteiger charge is 2.18. The lowest BCUT2D eigenvalue weighted by molar-refractivity contribution is -0.661. The molecular weight excluding hydrogens is 1060 g/mol. The third-order valence-electron chi connectivity index (χ3n) is 16.4. The molecule has 0 aliphatic heterocycles. The van der Waals surface area contributed by atoms with Gasteiger partial charge in [0.25, 0.3) is 0 Å². The second-order valence-electron chi connectivity index (χ2n) is 22.9. The van der Waals surface area contributed by atoms with E-state index in [-0.39, 0.29) is 0 Å². The first kappa shape index (κ1) is 55.0. The molecule has 0 radical (unpaired) electrons. The fraction of sp³-hybridized carbons (Fsp3) is 0.190. The van der Waals surface area contributed by atoms with Crippen molar-refractivity contribution in [3.8, 4) is 89.5 Å². The lowest BCUT2D eigenvalue weighted by atomic mass is 9.97. The quantitative estimate of drug-likeness (QED) is 0.115. The van der Waals surface area contributed by atoms with Crippen LogP contribution in [0.5, 0.6) is 0 Å². The highest BCUT2D eigenvalue weighted by atomic mass is 14.9. The largest absolute Gasteiger partial charge is 0.212 e. The van der Waals surface area contributed by atoms with Crippen LogP contribution in [-0.4, -0.2) is 0 Å². The van der Waals surface area contributed by atoms with Crippen LogP contribution in [0.1, 0.15) is 86.2 Å². The van der Waals surface area contributed by atoms with Crippen LogP contribution in [0.25, 0.3) is 89.5 Å². The van der Waals surface area contributed by atoms with E-state index >= 15 is 0 Å². The molecule has 0 aliphatic carbocycles. The van der Waals surface area contributed by atoms with Crippen LogP contribution in [0.15, 0.2) is 267 Å². The highest BCUT2D eigenvalue weighted by molar-refractivity contribution is 5.75. The molecule has 0 fully saturated rings. The van der Waals surface area contributed by atoms with Gasteiger partial charge >= 0.3 is 0 Å². The number of pyridine rings is 4. The summed E-state index contributed by atoms with van der Waals surface area (Å²) in [7, 11) is 8.06. The minimum Gasteiger partial charge on any atom is -0.201 e. The minimum absolute atomic E-state index is 0.479. The van der Waals surface area contributed by atoms with Crippen LogP contribution in [0, 0.1) is 34.6 Å². The Morgan fingerprint density at radius 1 is 0.352 bits per heavy atom. The zero-order valence-electron chi connectivity index (χ0n) is 59.4. The van der Waals surface area contributed by atoms with Gasteiger partial charge in [-0.1, -0.05) is 197 Å². The molecule has 4 aromatic heterocycles. The molecule has 0 N–H and O–H groups in total. The Morgan fingerprint density at radius 2 is 0.716 bits per heavy atom. The highest BCUT2D eigenvalue weighted by Crippen LogP contribution is 2.32. The van der Waals surface area contributed by atoms with E-state index in [0.717, 1.165) is 34.5 Å².